The van der Waals surface area contributed by atoms with Crippen molar-refractivity contribution in [1.29, 1.82) is 5.26 Å². The van der Waals surface area contributed by atoms with Crippen LogP contribution < -0.4 is 15.8 Å². The lowest BCUT2D eigenvalue weighted by molar-refractivity contribution is 0.313. The molecule has 104 valence electrons. The van der Waals surface area contributed by atoms with Crippen LogP contribution in [0.1, 0.15) is 17.7 Å². The molecule has 20 heavy (non-hydrogen) atoms. The van der Waals surface area contributed by atoms with Crippen molar-refractivity contribution in [2.75, 3.05) is 17.7 Å². The topological polar surface area (TPSA) is 71.1 Å². The molecule has 0 bridgehead atoms. The minimum absolute atomic E-state index is 0.523. The van der Waals surface area contributed by atoms with Gasteiger partial charge >= 0.3 is 0 Å². The average molecular weight is 287 g/mol. The molecule has 1 heterocycles. The number of nitrogen functional groups attached to an aromatic ring is 1. The number of nitrogens with one attached hydrogen (secondary N) is 1. The molecule has 0 saturated heterocycles. The predicted molar refractivity (Wildman–Crippen MR) is 82.8 cm³/mol. The Kier molecular flexibility index (Phi) is 5.27. The predicted octanol–water partition coefficient (Wildman–Crippen LogP) is 3.62. The van der Waals surface area contributed by atoms with Gasteiger partial charge in [-0.1, -0.05) is 6.07 Å². The first-order valence-electron chi connectivity index (χ1n) is 6.45. The van der Waals surface area contributed by atoms with Crippen LogP contribution in [0.15, 0.2) is 35.7 Å². The number of hydrogen-bond acceptors (Lipinski definition) is 5. The lowest BCUT2D eigenvalue weighted by Gasteiger charge is -2.09. The van der Waals surface area contributed by atoms with Crippen molar-refractivity contribution in [3.05, 3.63) is 40.6 Å². The molecule has 0 radical (unpaired) electrons. The smallest absolute Gasteiger partial charge is 0.121 e. The van der Waals surface area contributed by atoms with E-state index in [9.17, 15) is 0 Å². The summed E-state index contributed by atoms with van der Waals surface area (Å²) in [7, 11) is 0. The Bertz CT molecular complexity index is 589. The average Bonchev–Trinajstić information content (AvgIpc) is 2.87. The molecule has 0 spiro atoms. The molecule has 4 nitrogen and oxygen atoms in total. The fraction of sp³-hybridized carbons (Fsp3) is 0.267. The first kappa shape index (κ1) is 14.2. The van der Waals surface area contributed by atoms with Gasteiger partial charge in [0.25, 0.3) is 0 Å². The Morgan fingerprint density at radius 3 is 3.00 bits per heavy atom. The summed E-state index contributed by atoms with van der Waals surface area (Å²) in [4.78, 5) is 1.13. The van der Waals surface area contributed by atoms with E-state index < -0.39 is 0 Å². The van der Waals surface area contributed by atoms with Crippen LogP contribution in [0.3, 0.4) is 0 Å². The van der Waals surface area contributed by atoms with Crippen molar-refractivity contribution >= 4 is 22.7 Å². The highest BCUT2D eigenvalue weighted by Gasteiger charge is 2.01. The van der Waals surface area contributed by atoms with Crippen molar-refractivity contribution < 1.29 is 4.74 Å². The summed E-state index contributed by atoms with van der Waals surface area (Å²) in [5.74, 6) is 0.812. The third-order valence-electron chi connectivity index (χ3n) is 2.77. The molecule has 0 saturated carbocycles. The lowest BCUT2D eigenvalue weighted by Crippen LogP contribution is -2.01. The number of benzene rings is 1. The SMILES string of the molecule is N#CCCCOc1cccc(NCc2sccc2N)c1. The van der Waals surface area contributed by atoms with Crippen LogP contribution in [-0.2, 0) is 6.54 Å². The zero-order valence-electron chi connectivity index (χ0n) is 11.1. The number of hydrogen-bond donors (Lipinski definition) is 2. The van der Waals surface area contributed by atoms with Crippen LogP contribution in [0, 0.1) is 11.3 Å². The summed E-state index contributed by atoms with van der Waals surface area (Å²) in [5.41, 5.74) is 7.67. The summed E-state index contributed by atoms with van der Waals surface area (Å²) in [6, 6.07) is 11.8. The third-order valence-corrected chi connectivity index (χ3v) is 3.71. The zero-order valence-corrected chi connectivity index (χ0v) is 12.0. The van der Waals surface area contributed by atoms with Gasteiger partial charge in [-0.2, -0.15) is 5.26 Å². The van der Waals surface area contributed by atoms with E-state index in [0.717, 1.165) is 28.4 Å². The lowest BCUT2D eigenvalue weighted by atomic mass is 10.3. The standard InChI is InChI=1S/C15H17N3OS/c16-7-1-2-8-19-13-5-3-4-12(10-13)18-11-15-14(17)6-9-20-15/h3-6,9-10,18H,1-2,8,11,17H2. The van der Waals surface area contributed by atoms with Gasteiger partial charge in [-0.25, -0.2) is 0 Å². The molecule has 0 aliphatic heterocycles. The highest BCUT2D eigenvalue weighted by molar-refractivity contribution is 7.10. The van der Waals surface area contributed by atoms with Gasteiger partial charge in [0.15, 0.2) is 0 Å². The van der Waals surface area contributed by atoms with Crippen molar-refractivity contribution in [2.45, 2.75) is 19.4 Å². The maximum absolute atomic E-state index is 8.47. The second kappa shape index (κ2) is 7.41. The van der Waals surface area contributed by atoms with Crippen LogP contribution in [0.4, 0.5) is 11.4 Å². The van der Waals surface area contributed by atoms with Gasteiger partial charge in [-0.05, 0) is 30.0 Å². The van der Waals surface area contributed by atoms with Gasteiger partial charge in [0.2, 0.25) is 0 Å². The van der Waals surface area contributed by atoms with Crippen LogP contribution in [0.2, 0.25) is 0 Å². The fourth-order valence-electron chi connectivity index (χ4n) is 1.71. The van der Waals surface area contributed by atoms with E-state index in [2.05, 4.69) is 11.4 Å². The highest BCUT2D eigenvalue weighted by atomic mass is 32.1. The summed E-state index contributed by atoms with van der Waals surface area (Å²) in [5, 5.41) is 13.8. The Labute approximate surface area is 122 Å². The van der Waals surface area contributed by atoms with Crippen LogP contribution in [0.5, 0.6) is 5.75 Å². The number of rotatable bonds is 7. The molecule has 1 aromatic heterocycles. The maximum atomic E-state index is 8.47. The fourth-order valence-corrected chi connectivity index (χ4v) is 2.45. The molecule has 2 rings (SSSR count). The minimum atomic E-state index is 0.523. The van der Waals surface area contributed by atoms with Crippen LogP contribution in [0.25, 0.3) is 0 Å². The summed E-state index contributed by atoms with van der Waals surface area (Å²) >= 11 is 1.64. The monoisotopic (exact) mass is 287 g/mol. The molecule has 0 amide bonds. The molecule has 0 unspecified atom stereocenters. The van der Waals surface area contributed by atoms with Crippen molar-refractivity contribution in [1.82, 2.24) is 0 Å². The summed E-state index contributed by atoms with van der Waals surface area (Å²) in [6.07, 6.45) is 1.27. The molecule has 0 aliphatic carbocycles. The number of ether oxygens (including phenoxy) is 1. The first-order valence-corrected chi connectivity index (χ1v) is 7.33. The number of thiophene rings is 1. The van der Waals surface area contributed by atoms with Crippen LogP contribution >= 0.6 is 11.3 Å². The Balaban J connectivity index is 1.86. The number of nitrogens with zero attached hydrogens (tertiary/aromatic N) is 1. The van der Waals surface area contributed by atoms with E-state index in [-0.39, 0.29) is 0 Å². The highest BCUT2D eigenvalue weighted by Crippen LogP contribution is 2.22. The number of anilines is 2. The molecule has 5 heteroatoms. The zero-order chi connectivity index (χ0) is 14.2. The van der Waals surface area contributed by atoms with E-state index in [1.165, 1.54) is 0 Å². The van der Waals surface area contributed by atoms with Gasteiger partial charge in [-0.3, -0.25) is 0 Å². The van der Waals surface area contributed by atoms with Gasteiger partial charge in [-0.15, -0.1) is 11.3 Å². The van der Waals surface area contributed by atoms with E-state index >= 15 is 0 Å². The van der Waals surface area contributed by atoms with Gasteiger partial charge < -0.3 is 15.8 Å². The van der Waals surface area contributed by atoms with Gasteiger partial charge in [0.1, 0.15) is 5.75 Å². The van der Waals surface area contributed by atoms with Crippen molar-refractivity contribution in [3.63, 3.8) is 0 Å². The molecule has 0 fully saturated rings. The molecule has 0 aliphatic rings. The summed E-state index contributed by atoms with van der Waals surface area (Å²) in [6.45, 7) is 1.27. The van der Waals surface area contributed by atoms with E-state index in [1.807, 2.05) is 35.7 Å². The Morgan fingerprint density at radius 1 is 1.35 bits per heavy atom. The number of unbranched alkanes of at least 4 members (excludes halogenated alkanes) is 1. The normalized spacial score (nSPS) is 9.95. The molecule has 2 aromatic rings. The summed E-state index contributed by atoms with van der Waals surface area (Å²) < 4.78 is 5.60. The molecular weight excluding hydrogens is 270 g/mol. The first-order chi connectivity index (χ1) is 9.79. The van der Waals surface area contributed by atoms with E-state index in [0.29, 0.717) is 19.6 Å². The second-order valence-electron chi connectivity index (χ2n) is 4.29. The Morgan fingerprint density at radius 2 is 2.25 bits per heavy atom. The molecule has 3 N–H and O–H groups in total. The molecule has 0 atom stereocenters. The number of nitrogens with two attached hydrogens (primary N) is 1. The van der Waals surface area contributed by atoms with E-state index in [1.54, 1.807) is 11.3 Å². The van der Waals surface area contributed by atoms with Crippen molar-refractivity contribution in [3.8, 4) is 11.8 Å². The third kappa shape index (κ3) is 4.18. The minimum Gasteiger partial charge on any atom is -0.493 e. The molecule has 1 aromatic carbocycles. The van der Waals surface area contributed by atoms with Gasteiger partial charge in [0, 0.05) is 28.7 Å². The van der Waals surface area contributed by atoms with Crippen molar-refractivity contribution in [2.24, 2.45) is 0 Å². The number of nitriles is 1. The maximum Gasteiger partial charge on any atom is 0.121 e. The largest absolute Gasteiger partial charge is 0.493 e. The molecular formula is C15H17N3OS. The Hall–Kier alpha value is -2.19. The quantitative estimate of drug-likeness (QED) is 0.763. The van der Waals surface area contributed by atoms with Gasteiger partial charge in [0.05, 0.1) is 19.2 Å². The van der Waals surface area contributed by atoms with Crippen LogP contribution in [-0.4, -0.2) is 6.61 Å². The second-order valence-corrected chi connectivity index (χ2v) is 5.29. The van der Waals surface area contributed by atoms with E-state index in [4.69, 9.17) is 15.7 Å².